The molecule has 1 aliphatic heterocycles. The predicted octanol–water partition coefficient (Wildman–Crippen LogP) is 3.97. The van der Waals surface area contributed by atoms with E-state index in [-0.39, 0.29) is 0 Å². The number of methoxy groups -OCH3 is 1. The van der Waals surface area contributed by atoms with E-state index in [0.717, 1.165) is 36.4 Å². The van der Waals surface area contributed by atoms with Gasteiger partial charge < -0.3 is 14.5 Å². The van der Waals surface area contributed by atoms with Crippen molar-refractivity contribution in [1.29, 1.82) is 0 Å². The van der Waals surface area contributed by atoms with Crippen LogP contribution < -0.4 is 4.74 Å². The third-order valence-corrected chi connectivity index (χ3v) is 5.32. The van der Waals surface area contributed by atoms with E-state index in [2.05, 4.69) is 51.3 Å². The van der Waals surface area contributed by atoms with E-state index in [1.165, 1.54) is 24.1 Å². The second kappa shape index (κ2) is 8.55. The second-order valence-electron chi connectivity index (χ2n) is 7.20. The zero-order valence-electron chi connectivity index (χ0n) is 15.9. The lowest BCUT2D eigenvalue weighted by atomic mass is 9.93. The monoisotopic (exact) mass is 365 g/mol. The number of benzene rings is 1. The summed E-state index contributed by atoms with van der Waals surface area (Å²) in [7, 11) is 1.69. The van der Waals surface area contributed by atoms with E-state index >= 15 is 0 Å². The zero-order valence-corrected chi connectivity index (χ0v) is 15.9. The predicted molar refractivity (Wildman–Crippen MR) is 107 cm³/mol. The molecule has 5 heteroatoms. The standard InChI is InChI=1S/C22H27N3O2/c1-26-13-14-27-19-6-4-17(5-7-19)16-25-11-8-18(9-12-25)21-15-22-20(24-21)3-2-10-23-22/h2-7,10,15,18,24H,8-9,11-14,16H2,1H3. The molecular weight excluding hydrogens is 338 g/mol. The number of aromatic amines is 1. The summed E-state index contributed by atoms with van der Waals surface area (Å²) < 4.78 is 10.6. The summed E-state index contributed by atoms with van der Waals surface area (Å²) in [5, 5.41) is 0. The van der Waals surface area contributed by atoms with Crippen LogP contribution in [-0.2, 0) is 11.3 Å². The maximum absolute atomic E-state index is 5.63. The molecule has 0 atom stereocenters. The van der Waals surface area contributed by atoms with Crippen molar-refractivity contribution in [2.75, 3.05) is 33.4 Å². The fraction of sp³-hybridized carbons (Fsp3) is 0.409. The van der Waals surface area contributed by atoms with Crippen molar-refractivity contribution < 1.29 is 9.47 Å². The van der Waals surface area contributed by atoms with Crippen LogP contribution in [0.3, 0.4) is 0 Å². The normalized spacial score (nSPS) is 16.0. The molecule has 1 saturated heterocycles. The van der Waals surface area contributed by atoms with Gasteiger partial charge in [0.1, 0.15) is 12.4 Å². The first-order chi connectivity index (χ1) is 13.3. The van der Waals surface area contributed by atoms with Gasteiger partial charge in [-0.2, -0.15) is 0 Å². The third-order valence-electron chi connectivity index (χ3n) is 5.32. The van der Waals surface area contributed by atoms with Crippen LogP contribution in [0.25, 0.3) is 11.0 Å². The van der Waals surface area contributed by atoms with Crippen LogP contribution in [0.2, 0.25) is 0 Å². The van der Waals surface area contributed by atoms with Crippen LogP contribution in [0, 0.1) is 0 Å². The molecule has 0 radical (unpaired) electrons. The Morgan fingerprint density at radius 3 is 2.67 bits per heavy atom. The van der Waals surface area contributed by atoms with Gasteiger partial charge in [0.25, 0.3) is 0 Å². The highest BCUT2D eigenvalue weighted by molar-refractivity contribution is 5.75. The first-order valence-electron chi connectivity index (χ1n) is 9.68. The van der Waals surface area contributed by atoms with E-state index in [0.29, 0.717) is 19.1 Å². The molecule has 2 aromatic heterocycles. The van der Waals surface area contributed by atoms with Crippen molar-refractivity contribution in [1.82, 2.24) is 14.9 Å². The summed E-state index contributed by atoms with van der Waals surface area (Å²) in [5.41, 5.74) is 4.88. The second-order valence-corrected chi connectivity index (χ2v) is 7.20. The van der Waals surface area contributed by atoms with Gasteiger partial charge in [0, 0.05) is 31.5 Å². The van der Waals surface area contributed by atoms with Crippen LogP contribution in [-0.4, -0.2) is 48.3 Å². The van der Waals surface area contributed by atoms with Gasteiger partial charge in [-0.3, -0.25) is 9.88 Å². The number of aromatic nitrogens is 2. The van der Waals surface area contributed by atoms with Crippen LogP contribution in [0.5, 0.6) is 5.75 Å². The average molecular weight is 365 g/mol. The van der Waals surface area contributed by atoms with Crippen molar-refractivity contribution in [3.8, 4) is 5.75 Å². The summed E-state index contributed by atoms with van der Waals surface area (Å²) in [5.74, 6) is 1.51. The number of piperidine rings is 1. The summed E-state index contributed by atoms with van der Waals surface area (Å²) in [6.07, 6.45) is 4.23. The molecule has 0 unspecified atom stereocenters. The van der Waals surface area contributed by atoms with Crippen LogP contribution in [0.15, 0.2) is 48.7 Å². The Morgan fingerprint density at radius 2 is 1.93 bits per heavy atom. The number of likely N-dealkylation sites (tertiary alicyclic amines) is 1. The minimum absolute atomic E-state index is 0.590. The van der Waals surface area contributed by atoms with Gasteiger partial charge in [-0.05, 0) is 61.8 Å². The fourth-order valence-corrected chi connectivity index (χ4v) is 3.79. The Hall–Kier alpha value is -2.37. The Morgan fingerprint density at radius 1 is 1.11 bits per heavy atom. The van der Waals surface area contributed by atoms with Gasteiger partial charge in [0.05, 0.1) is 17.6 Å². The van der Waals surface area contributed by atoms with E-state index in [1.54, 1.807) is 7.11 Å². The van der Waals surface area contributed by atoms with Gasteiger partial charge in [-0.1, -0.05) is 12.1 Å². The van der Waals surface area contributed by atoms with Crippen molar-refractivity contribution >= 4 is 11.0 Å². The molecule has 1 N–H and O–H groups in total. The molecule has 0 bridgehead atoms. The number of hydrogen-bond acceptors (Lipinski definition) is 4. The number of H-pyrrole nitrogens is 1. The maximum atomic E-state index is 5.63. The van der Waals surface area contributed by atoms with Crippen molar-refractivity contribution in [3.63, 3.8) is 0 Å². The molecule has 3 aromatic rings. The summed E-state index contributed by atoms with van der Waals surface area (Å²) >= 11 is 0. The molecule has 3 heterocycles. The molecular formula is C22H27N3O2. The van der Waals surface area contributed by atoms with E-state index in [4.69, 9.17) is 9.47 Å². The van der Waals surface area contributed by atoms with Crippen LogP contribution >= 0.6 is 0 Å². The Bertz CT molecular complexity index is 818. The lowest BCUT2D eigenvalue weighted by Crippen LogP contribution is -2.32. The SMILES string of the molecule is COCCOc1ccc(CN2CCC(c3cc4ncccc4[nH]3)CC2)cc1. The minimum Gasteiger partial charge on any atom is -0.491 e. The molecule has 0 aliphatic carbocycles. The van der Waals surface area contributed by atoms with Crippen LogP contribution in [0.4, 0.5) is 0 Å². The summed E-state index contributed by atoms with van der Waals surface area (Å²) in [6.45, 7) is 4.45. The van der Waals surface area contributed by atoms with E-state index in [9.17, 15) is 0 Å². The first kappa shape index (κ1) is 18.0. The number of ether oxygens (including phenoxy) is 2. The number of fused-ring (bicyclic) bond motifs is 1. The lowest BCUT2D eigenvalue weighted by molar-refractivity contribution is 0.146. The number of pyridine rings is 1. The highest BCUT2D eigenvalue weighted by Gasteiger charge is 2.22. The highest BCUT2D eigenvalue weighted by atomic mass is 16.5. The molecule has 142 valence electrons. The van der Waals surface area contributed by atoms with Gasteiger partial charge in [0.15, 0.2) is 0 Å². The topological polar surface area (TPSA) is 50.4 Å². The summed E-state index contributed by atoms with van der Waals surface area (Å²) in [4.78, 5) is 10.5. The Kier molecular flexibility index (Phi) is 5.70. The molecule has 1 aromatic carbocycles. The highest BCUT2D eigenvalue weighted by Crippen LogP contribution is 2.30. The van der Waals surface area contributed by atoms with Gasteiger partial charge in [-0.15, -0.1) is 0 Å². The molecule has 0 saturated carbocycles. The largest absolute Gasteiger partial charge is 0.491 e. The molecule has 0 amide bonds. The molecule has 1 aliphatic rings. The van der Waals surface area contributed by atoms with Gasteiger partial charge in [-0.25, -0.2) is 0 Å². The van der Waals surface area contributed by atoms with E-state index < -0.39 is 0 Å². The lowest BCUT2D eigenvalue weighted by Gasteiger charge is -2.31. The minimum atomic E-state index is 0.590. The Labute approximate surface area is 160 Å². The molecule has 4 rings (SSSR count). The molecule has 5 nitrogen and oxygen atoms in total. The third kappa shape index (κ3) is 4.49. The van der Waals surface area contributed by atoms with E-state index in [1.807, 2.05) is 12.3 Å². The number of nitrogens with zero attached hydrogens (tertiary/aromatic N) is 2. The molecule has 27 heavy (non-hydrogen) atoms. The van der Waals surface area contributed by atoms with Gasteiger partial charge in [0.2, 0.25) is 0 Å². The smallest absolute Gasteiger partial charge is 0.119 e. The fourth-order valence-electron chi connectivity index (χ4n) is 3.79. The average Bonchev–Trinajstić information content (AvgIpc) is 3.14. The van der Waals surface area contributed by atoms with Crippen molar-refractivity contribution in [2.24, 2.45) is 0 Å². The zero-order chi connectivity index (χ0) is 18.5. The Balaban J connectivity index is 1.29. The molecule has 1 fully saturated rings. The first-order valence-corrected chi connectivity index (χ1v) is 9.68. The maximum Gasteiger partial charge on any atom is 0.119 e. The van der Waals surface area contributed by atoms with Crippen LogP contribution in [0.1, 0.15) is 30.0 Å². The number of rotatable bonds is 7. The van der Waals surface area contributed by atoms with Crippen molar-refractivity contribution in [3.05, 3.63) is 59.9 Å². The van der Waals surface area contributed by atoms with Gasteiger partial charge >= 0.3 is 0 Å². The summed E-state index contributed by atoms with van der Waals surface area (Å²) in [6, 6.07) is 14.7. The number of hydrogen-bond donors (Lipinski definition) is 1. The number of nitrogens with one attached hydrogen (secondary N) is 1. The molecule has 0 spiro atoms. The van der Waals surface area contributed by atoms with Crippen molar-refractivity contribution in [2.45, 2.75) is 25.3 Å². The quantitative estimate of drug-likeness (QED) is 0.644.